The van der Waals surface area contributed by atoms with Gasteiger partial charge in [-0.15, -0.1) is 0 Å². The van der Waals surface area contributed by atoms with E-state index in [4.69, 9.17) is 4.74 Å². The molecule has 3 aromatic carbocycles. The van der Waals surface area contributed by atoms with Crippen LogP contribution in [0.3, 0.4) is 0 Å². The molecule has 150 valence electrons. The molecule has 1 aliphatic rings. The molecule has 1 heterocycles. The Hall–Kier alpha value is -3.01. The van der Waals surface area contributed by atoms with Crippen molar-refractivity contribution in [2.24, 2.45) is 0 Å². The molecule has 0 radical (unpaired) electrons. The minimum Gasteiger partial charge on any atom is -0.481 e. The molecule has 1 aliphatic heterocycles. The number of carbonyl (C=O) groups excluding carboxylic acids is 1. The van der Waals surface area contributed by atoms with Gasteiger partial charge in [-0.1, -0.05) is 48.5 Å². The fourth-order valence-corrected chi connectivity index (χ4v) is 3.97. The number of fused-ring (bicyclic) bond motifs is 2. The van der Waals surface area contributed by atoms with Crippen LogP contribution in [0.2, 0.25) is 0 Å². The Balaban J connectivity index is 1.24. The van der Waals surface area contributed by atoms with Crippen LogP contribution in [0.1, 0.15) is 25.3 Å². The summed E-state index contributed by atoms with van der Waals surface area (Å²) in [6.45, 7) is 4.50. The largest absolute Gasteiger partial charge is 0.481 e. The fourth-order valence-electron chi connectivity index (χ4n) is 3.97. The number of nitrogens with zero attached hydrogens (tertiary/aromatic N) is 1. The number of ether oxygens (including phenoxy) is 1. The highest BCUT2D eigenvalue weighted by Crippen LogP contribution is 2.26. The third-order valence-corrected chi connectivity index (χ3v) is 5.51. The zero-order chi connectivity index (χ0) is 20.1. The maximum Gasteiger partial charge on any atom is 0.260 e. The summed E-state index contributed by atoms with van der Waals surface area (Å²) in [7, 11) is 0. The van der Waals surface area contributed by atoms with E-state index in [0.717, 1.165) is 42.5 Å². The first-order chi connectivity index (χ1) is 14.2. The first kappa shape index (κ1) is 19.3. The smallest absolute Gasteiger partial charge is 0.260 e. The summed E-state index contributed by atoms with van der Waals surface area (Å²) in [6.07, 6.45) is 2.75. The molecule has 1 atom stereocenters. The van der Waals surface area contributed by atoms with Gasteiger partial charge in [0.05, 0.1) is 0 Å². The molecule has 0 fully saturated rings. The number of anilines is 1. The van der Waals surface area contributed by atoms with Crippen molar-refractivity contribution in [3.05, 3.63) is 72.3 Å². The van der Waals surface area contributed by atoms with Crippen LogP contribution in [0.4, 0.5) is 5.69 Å². The van der Waals surface area contributed by atoms with Gasteiger partial charge in [0.2, 0.25) is 0 Å². The van der Waals surface area contributed by atoms with Gasteiger partial charge >= 0.3 is 0 Å². The summed E-state index contributed by atoms with van der Waals surface area (Å²) in [4.78, 5) is 14.8. The zero-order valence-electron chi connectivity index (χ0n) is 16.9. The van der Waals surface area contributed by atoms with Crippen LogP contribution in [-0.2, 0) is 11.2 Å². The highest BCUT2D eigenvalue weighted by Gasteiger charge is 2.17. The van der Waals surface area contributed by atoms with Crippen molar-refractivity contribution in [2.75, 3.05) is 24.5 Å². The molecule has 4 nitrogen and oxygen atoms in total. The average molecular weight is 389 g/mol. The second-order valence-corrected chi connectivity index (χ2v) is 7.63. The second kappa shape index (κ2) is 8.99. The summed E-state index contributed by atoms with van der Waals surface area (Å²) in [5, 5.41) is 5.29. The number of hydrogen-bond donors (Lipinski definition) is 1. The lowest BCUT2D eigenvalue weighted by atomic mass is 10.0. The molecule has 29 heavy (non-hydrogen) atoms. The van der Waals surface area contributed by atoms with Crippen molar-refractivity contribution in [3.63, 3.8) is 0 Å². The molecule has 1 amide bonds. The van der Waals surface area contributed by atoms with Crippen LogP contribution in [0.15, 0.2) is 66.7 Å². The Morgan fingerprint density at radius 3 is 2.76 bits per heavy atom. The van der Waals surface area contributed by atoms with Gasteiger partial charge in [-0.2, -0.15) is 0 Å². The van der Waals surface area contributed by atoms with E-state index in [1.807, 2.05) is 36.4 Å². The van der Waals surface area contributed by atoms with E-state index in [1.54, 1.807) is 6.92 Å². The molecule has 0 spiro atoms. The van der Waals surface area contributed by atoms with E-state index in [-0.39, 0.29) is 5.91 Å². The van der Waals surface area contributed by atoms with Crippen LogP contribution in [0.25, 0.3) is 10.8 Å². The van der Waals surface area contributed by atoms with Crippen molar-refractivity contribution in [1.82, 2.24) is 5.32 Å². The Labute approximate surface area is 172 Å². The average Bonchev–Trinajstić information content (AvgIpc) is 2.76. The molecule has 0 saturated heterocycles. The van der Waals surface area contributed by atoms with Gasteiger partial charge in [-0.25, -0.2) is 0 Å². The molecule has 4 heteroatoms. The van der Waals surface area contributed by atoms with Gasteiger partial charge in [-0.05, 0) is 60.7 Å². The third kappa shape index (κ3) is 4.70. The lowest BCUT2D eigenvalue weighted by Crippen LogP contribution is -2.38. The van der Waals surface area contributed by atoms with Crippen molar-refractivity contribution in [2.45, 2.75) is 32.3 Å². The molecule has 0 saturated carbocycles. The lowest BCUT2D eigenvalue weighted by Gasteiger charge is -2.31. The summed E-state index contributed by atoms with van der Waals surface area (Å²) in [5.74, 6) is 0.647. The van der Waals surface area contributed by atoms with E-state index in [1.165, 1.54) is 17.7 Å². The summed E-state index contributed by atoms with van der Waals surface area (Å²) >= 11 is 0. The SMILES string of the molecule is C[C@@H](Oc1ccc2ccccc2c1)C(=O)NCCCN1CCCc2ccccc21. The maximum atomic E-state index is 12.4. The monoisotopic (exact) mass is 388 g/mol. The second-order valence-electron chi connectivity index (χ2n) is 7.63. The predicted octanol–water partition coefficient (Wildman–Crippen LogP) is 4.57. The van der Waals surface area contributed by atoms with Gasteiger partial charge in [-0.3, -0.25) is 4.79 Å². The van der Waals surface area contributed by atoms with Gasteiger partial charge in [0.15, 0.2) is 6.10 Å². The van der Waals surface area contributed by atoms with E-state index in [9.17, 15) is 4.79 Å². The standard InChI is InChI=1S/C25H28N2O2/c1-19(29-23-14-13-20-8-2-3-10-22(20)18-23)25(28)26-15-7-17-27-16-6-11-21-9-4-5-12-24(21)27/h2-5,8-10,12-14,18-19H,6-7,11,15-17H2,1H3,(H,26,28)/t19-/m1/s1. The zero-order valence-corrected chi connectivity index (χ0v) is 16.9. The lowest BCUT2D eigenvalue weighted by molar-refractivity contribution is -0.127. The molecule has 0 bridgehead atoms. The molecule has 1 N–H and O–H groups in total. The van der Waals surface area contributed by atoms with Gasteiger partial charge < -0.3 is 15.0 Å². The third-order valence-electron chi connectivity index (χ3n) is 5.51. The van der Waals surface area contributed by atoms with E-state index < -0.39 is 6.10 Å². The van der Waals surface area contributed by atoms with Gasteiger partial charge in [0.1, 0.15) is 5.75 Å². The molecule has 3 aromatic rings. The molecule has 0 aromatic heterocycles. The van der Waals surface area contributed by atoms with Crippen molar-refractivity contribution >= 4 is 22.4 Å². The van der Waals surface area contributed by atoms with Crippen LogP contribution in [-0.4, -0.2) is 31.6 Å². The van der Waals surface area contributed by atoms with Crippen molar-refractivity contribution < 1.29 is 9.53 Å². The number of aryl methyl sites for hydroxylation is 1. The summed E-state index contributed by atoms with van der Waals surface area (Å²) in [5.41, 5.74) is 2.78. The number of benzene rings is 3. The molecule has 4 rings (SSSR count). The van der Waals surface area contributed by atoms with E-state index in [0.29, 0.717) is 6.54 Å². The number of carbonyl (C=O) groups is 1. The predicted molar refractivity (Wildman–Crippen MR) is 119 cm³/mol. The Morgan fingerprint density at radius 1 is 1.07 bits per heavy atom. The Morgan fingerprint density at radius 2 is 1.86 bits per heavy atom. The molecular weight excluding hydrogens is 360 g/mol. The van der Waals surface area contributed by atoms with Crippen LogP contribution in [0, 0.1) is 0 Å². The summed E-state index contributed by atoms with van der Waals surface area (Å²) in [6, 6.07) is 22.7. The Kier molecular flexibility index (Phi) is 5.99. The summed E-state index contributed by atoms with van der Waals surface area (Å²) < 4.78 is 5.86. The number of para-hydroxylation sites is 1. The van der Waals surface area contributed by atoms with Crippen molar-refractivity contribution in [3.8, 4) is 5.75 Å². The van der Waals surface area contributed by atoms with Crippen LogP contribution in [0.5, 0.6) is 5.75 Å². The van der Waals surface area contributed by atoms with Crippen molar-refractivity contribution in [1.29, 1.82) is 0 Å². The normalized spacial score (nSPS) is 14.3. The number of nitrogens with one attached hydrogen (secondary N) is 1. The number of hydrogen-bond acceptors (Lipinski definition) is 3. The van der Waals surface area contributed by atoms with E-state index in [2.05, 4.69) is 40.5 Å². The minimum atomic E-state index is -0.521. The van der Waals surface area contributed by atoms with Crippen LogP contribution >= 0.6 is 0 Å². The maximum absolute atomic E-state index is 12.4. The fraction of sp³-hybridized carbons (Fsp3) is 0.320. The van der Waals surface area contributed by atoms with Gasteiger partial charge in [0, 0.05) is 25.3 Å². The Bertz CT molecular complexity index is 985. The molecule has 0 unspecified atom stereocenters. The number of rotatable bonds is 7. The molecular formula is C25H28N2O2. The van der Waals surface area contributed by atoms with Gasteiger partial charge in [0.25, 0.3) is 5.91 Å². The first-order valence-corrected chi connectivity index (χ1v) is 10.5. The number of amides is 1. The highest BCUT2D eigenvalue weighted by atomic mass is 16.5. The first-order valence-electron chi connectivity index (χ1n) is 10.5. The highest BCUT2D eigenvalue weighted by molar-refractivity contribution is 5.84. The van der Waals surface area contributed by atoms with E-state index >= 15 is 0 Å². The molecule has 0 aliphatic carbocycles. The topological polar surface area (TPSA) is 41.6 Å². The van der Waals surface area contributed by atoms with Crippen LogP contribution < -0.4 is 15.0 Å². The quantitative estimate of drug-likeness (QED) is 0.603. The minimum absolute atomic E-state index is 0.0720.